The van der Waals surface area contributed by atoms with Gasteiger partial charge in [-0.05, 0) is 68.1 Å². The van der Waals surface area contributed by atoms with Gasteiger partial charge in [0.1, 0.15) is 0 Å². The number of amides is 1. The summed E-state index contributed by atoms with van der Waals surface area (Å²) in [4.78, 5) is 25.4. The van der Waals surface area contributed by atoms with Crippen molar-refractivity contribution < 1.29 is 14.7 Å². The van der Waals surface area contributed by atoms with E-state index in [4.69, 9.17) is 0 Å². The summed E-state index contributed by atoms with van der Waals surface area (Å²) < 4.78 is 0.743. The van der Waals surface area contributed by atoms with Gasteiger partial charge in [-0.25, -0.2) is 0 Å². The predicted molar refractivity (Wildman–Crippen MR) is 101 cm³/mol. The van der Waals surface area contributed by atoms with Crippen molar-refractivity contribution in [1.29, 1.82) is 0 Å². The Balaban J connectivity index is 2.06. The SMILES string of the molecule is Cc1cc(C)c(C)c(C(=O)C[C@]2(O)C(=O)Nc3ccc(Br)cc32)c1C. The Morgan fingerprint density at radius 3 is 2.32 bits per heavy atom. The third-order valence-electron chi connectivity index (χ3n) is 5.11. The van der Waals surface area contributed by atoms with Gasteiger partial charge in [0.2, 0.25) is 0 Å². The van der Waals surface area contributed by atoms with Crippen LogP contribution >= 0.6 is 15.9 Å². The Kier molecular flexibility index (Phi) is 4.33. The van der Waals surface area contributed by atoms with E-state index in [2.05, 4.69) is 21.2 Å². The number of ketones is 1. The van der Waals surface area contributed by atoms with Crippen LogP contribution in [0.5, 0.6) is 0 Å². The van der Waals surface area contributed by atoms with Crippen molar-refractivity contribution in [3.63, 3.8) is 0 Å². The molecule has 0 aromatic heterocycles. The van der Waals surface area contributed by atoms with Gasteiger partial charge in [0, 0.05) is 21.3 Å². The van der Waals surface area contributed by atoms with E-state index in [1.165, 1.54) is 0 Å². The number of Topliss-reactive ketones (excluding diaryl/α,β-unsaturated/α-hetero) is 1. The zero-order chi connectivity index (χ0) is 18.5. The number of rotatable bonds is 3. The minimum absolute atomic E-state index is 0.229. The molecule has 0 unspecified atom stereocenters. The van der Waals surface area contributed by atoms with Gasteiger partial charge in [0.15, 0.2) is 11.4 Å². The first-order valence-corrected chi connectivity index (χ1v) is 8.89. The number of carbonyl (C=O) groups is 2. The standard InChI is InChI=1S/C20H20BrNO3/c1-10-7-11(2)13(4)18(12(10)3)17(23)9-20(25)15-8-14(21)5-6-16(15)22-19(20)24/h5-8,25H,9H2,1-4H3,(H,22,24)/t20-/m1/s1. The summed E-state index contributed by atoms with van der Waals surface area (Å²) in [6.45, 7) is 7.72. The summed E-state index contributed by atoms with van der Waals surface area (Å²) in [5.41, 5.74) is 3.55. The molecule has 2 aromatic carbocycles. The highest BCUT2D eigenvalue weighted by molar-refractivity contribution is 9.10. The quantitative estimate of drug-likeness (QED) is 0.760. The van der Waals surface area contributed by atoms with Gasteiger partial charge in [0.25, 0.3) is 5.91 Å². The van der Waals surface area contributed by atoms with Gasteiger partial charge in [-0.1, -0.05) is 22.0 Å². The lowest BCUT2D eigenvalue weighted by Gasteiger charge is -2.22. The lowest BCUT2D eigenvalue weighted by Crippen LogP contribution is -2.36. The topological polar surface area (TPSA) is 66.4 Å². The maximum absolute atomic E-state index is 13.0. The van der Waals surface area contributed by atoms with Gasteiger partial charge in [-0.2, -0.15) is 0 Å². The molecular weight excluding hydrogens is 382 g/mol. The molecule has 130 valence electrons. The van der Waals surface area contributed by atoms with Crippen LogP contribution in [0, 0.1) is 27.7 Å². The maximum atomic E-state index is 13.0. The number of fused-ring (bicyclic) bond motifs is 1. The summed E-state index contributed by atoms with van der Waals surface area (Å²) in [5.74, 6) is -0.791. The van der Waals surface area contributed by atoms with Crippen LogP contribution in [0.15, 0.2) is 28.7 Å². The minimum atomic E-state index is -1.85. The second-order valence-electron chi connectivity index (χ2n) is 6.74. The zero-order valence-electron chi connectivity index (χ0n) is 14.7. The molecule has 1 aliphatic rings. The van der Waals surface area contributed by atoms with E-state index in [1.807, 2.05) is 33.8 Å². The molecule has 0 bridgehead atoms. The van der Waals surface area contributed by atoms with Crippen LogP contribution in [0.3, 0.4) is 0 Å². The molecule has 1 amide bonds. The van der Waals surface area contributed by atoms with Gasteiger partial charge < -0.3 is 10.4 Å². The molecule has 0 aliphatic carbocycles. The second-order valence-corrected chi connectivity index (χ2v) is 7.66. The molecule has 2 aromatic rings. The number of anilines is 1. The van der Waals surface area contributed by atoms with E-state index in [-0.39, 0.29) is 12.2 Å². The number of carbonyl (C=O) groups excluding carboxylic acids is 2. The summed E-state index contributed by atoms with van der Waals surface area (Å²) in [5, 5.41) is 13.7. The van der Waals surface area contributed by atoms with Crippen LogP contribution < -0.4 is 5.32 Å². The van der Waals surface area contributed by atoms with Crippen LogP contribution in [0.4, 0.5) is 5.69 Å². The summed E-state index contributed by atoms with van der Waals surface area (Å²) in [7, 11) is 0. The Labute approximate surface area is 155 Å². The number of nitrogens with one attached hydrogen (secondary N) is 1. The van der Waals surface area contributed by atoms with Crippen molar-refractivity contribution >= 4 is 33.3 Å². The van der Waals surface area contributed by atoms with Crippen LogP contribution in [0.2, 0.25) is 0 Å². The average Bonchev–Trinajstić information content (AvgIpc) is 2.77. The lowest BCUT2D eigenvalue weighted by atomic mass is 9.84. The van der Waals surface area contributed by atoms with Crippen LogP contribution in [0.1, 0.15) is 44.6 Å². The summed E-state index contributed by atoms with van der Waals surface area (Å²) >= 11 is 3.35. The Morgan fingerprint density at radius 2 is 1.72 bits per heavy atom. The smallest absolute Gasteiger partial charge is 0.261 e. The fourth-order valence-corrected chi connectivity index (χ4v) is 3.81. The Morgan fingerprint density at radius 1 is 1.12 bits per heavy atom. The van der Waals surface area contributed by atoms with E-state index in [0.717, 1.165) is 26.7 Å². The molecule has 0 spiro atoms. The number of aryl methyl sites for hydroxylation is 2. The number of halogens is 1. The largest absolute Gasteiger partial charge is 0.375 e. The number of benzene rings is 2. The summed E-state index contributed by atoms with van der Waals surface area (Å²) in [6, 6.07) is 7.23. The number of hydrogen-bond donors (Lipinski definition) is 2. The molecule has 0 radical (unpaired) electrons. The van der Waals surface area contributed by atoms with Crippen LogP contribution in [-0.4, -0.2) is 16.8 Å². The zero-order valence-corrected chi connectivity index (χ0v) is 16.2. The van der Waals surface area contributed by atoms with Crippen molar-refractivity contribution in [2.24, 2.45) is 0 Å². The van der Waals surface area contributed by atoms with Crippen molar-refractivity contribution in [2.45, 2.75) is 39.7 Å². The van der Waals surface area contributed by atoms with E-state index < -0.39 is 11.5 Å². The normalized spacial score (nSPS) is 18.9. The molecule has 2 N–H and O–H groups in total. The van der Waals surface area contributed by atoms with Crippen molar-refractivity contribution in [3.05, 3.63) is 62.1 Å². The van der Waals surface area contributed by atoms with Gasteiger partial charge in [-0.3, -0.25) is 9.59 Å². The average molecular weight is 402 g/mol. The molecule has 0 saturated carbocycles. The van der Waals surface area contributed by atoms with E-state index in [0.29, 0.717) is 16.8 Å². The molecule has 1 heterocycles. The van der Waals surface area contributed by atoms with Crippen LogP contribution in [0.25, 0.3) is 0 Å². The van der Waals surface area contributed by atoms with Gasteiger partial charge >= 0.3 is 0 Å². The molecule has 1 aliphatic heterocycles. The molecule has 5 heteroatoms. The number of aliphatic hydroxyl groups is 1. The summed E-state index contributed by atoms with van der Waals surface area (Å²) in [6.07, 6.45) is -0.285. The Bertz CT molecular complexity index is 893. The third kappa shape index (κ3) is 2.81. The molecule has 1 atom stereocenters. The van der Waals surface area contributed by atoms with Crippen LogP contribution in [-0.2, 0) is 10.4 Å². The van der Waals surface area contributed by atoms with E-state index >= 15 is 0 Å². The minimum Gasteiger partial charge on any atom is -0.375 e. The van der Waals surface area contributed by atoms with E-state index in [9.17, 15) is 14.7 Å². The molecule has 0 saturated heterocycles. The van der Waals surface area contributed by atoms with Gasteiger partial charge in [0.05, 0.1) is 6.42 Å². The lowest BCUT2D eigenvalue weighted by molar-refractivity contribution is -0.133. The van der Waals surface area contributed by atoms with Crippen molar-refractivity contribution in [2.75, 3.05) is 5.32 Å². The monoisotopic (exact) mass is 401 g/mol. The maximum Gasteiger partial charge on any atom is 0.261 e. The molecule has 25 heavy (non-hydrogen) atoms. The predicted octanol–water partition coefficient (Wildman–Crippen LogP) is 4.10. The fraction of sp³-hybridized carbons (Fsp3) is 0.300. The Hall–Kier alpha value is -1.98. The molecule has 4 nitrogen and oxygen atoms in total. The molecule has 0 fully saturated rings. The highest BCUT2D eigenvalue weighted by atomic mass is 79.9. The first kappa shape index (κ1) is 17.8. The van der Waals surface area contributed by atoms with Crippen molar-refractivity contribution in [1.82, 2.24) is 0 Å². The van der Waals surface area contributed by atoms with Crippen molar-refractivity contribution in [3.8, 4) is 0 Å². The first-order chi connectivity index (χ1) is 11.6. The van der Waals surface area contributed by atoms with Gasteiger partial charge in [-0.15, -0.1) is 0 Å². The highest BCUT2D eigenvalue weighted by Gasteiger charge is 2.47. The molecular formula is C20H20BrNO3. The highest BCUT2D eigenvalue weighted by Crippen LogP contribution is 2.41. The first-order valence-electron chi connectivity index (χ1n) is 8.09. The number of hydrogen-bond acceptors (Lipinski definition) is 3. The molecule has 3 rings (SSSR count). The third-order valence-corrected chi connectivity index (χ3v) is 5.61. The fourth-order valence-electron chi connectivity index (χ4n) is 3.45. The van der Waals surface area contributed by atoms with E-state index in [1.54, 1.807) is 18.2 Å². The second kappa shape index (κ2) is 6.07.